The van der Waals surface area contributed by atoms with Crippen LogP contribution in [0.2, 0.25) is 0 Å². The predicted octanol–water partition coefficient (Wildman–Crippen LogP) is 2.98. The summed E-state index contributed by atoms with van der Waals surface area (Å²) in [5, 5.41) is 9.85. The largest absolute Gasteiger partial charge is 0.459 e. The van der Waals surface area contributed by atoms with Gasteiger partial charge >= 0.3 is 5.97 Å². The van der Waals surface area contributed by atoms with Crippen molar-refractivity contribution in [2.24, 2.45) is 0 Å². The first-order valence-electron chi connectivity index (χ1n) is 6.38. The van der Waals surface area contributed by atoms with Crippen molar-refractivity contribution in [2.45, 2.75) is 6.10 Å². The van der Waals surface area contributed by atoms with Gasteiger partial charge in [0.25, 0.3) is 0 Å². The van der Waals surface area contributed by atoms with E-state index in [0.717, 1.165) is 11.1 Å². The van der Waals surface area contributed by atoms with Crippen LogP contribution in [-0.4, -0.2) is 17.7 Å². The normalized spacial score (nSPS) is 12.2. The molecule has 1 atom stereocenters. The summed E-state index contributed by atoms with van der Waals surface area (Å²) < 4.78 is 5.00. The van der Waals surface area contributed by atoms with Gasteiger partial charge in [0, 0.05) is 6.08 Å². The zero-order valence-corrected chi connectivity index (χ0v) is 11.0. The number of carbonyl (C=O) groups is 1. The molecule has 0 unspecified atom stereocenters. The summed E-state index contributed by atoms with van der Waals surface area (Å²) >= 11 is 0. The smallest absolute Gasteiger partial charge is 0.330 e. The standard InChI is InChI=1S/C17H16O3/c18-16(15-9-5-2-6-10-15)13-20-17(19)12-11-14-7-3-1-4-8-14/h1-12,16,18H,13H2/b12-11+/t16-/m1/s1. The van der Waals surface area contributed by atoms with Crippen LogP contribution in [0.15, 0.2) is 66.7 Å². The summed E-state index contributed by atoms with van der Waals surface area (Å²) in [6.07, 6.45) is 2.23. The number of hydrogen-bond acceptors (Lipinski definition) is 3. The van der Waals surface area contributed by atoms with Crippen molar-refractivity contribution in [3.63, 3.8) is 0 Å². The van der Waals surface area contributed by atoms with Crippen LogP contribution >= 0.6 is 0 Å². The Morgan fingerprint density at radius 2 is 1.65 bits per heavy atom. The highest BCUT2D eigenvalue weighted by Crippen LogP contribution is 2.12. The first-order valence-corrected chi connectivity index (χ1v) is 6.38. The van der Waals surface area contributed by atoms with E-state index in [4.69, 9.17) is 4.74 Å². The van der Waals surface area contributed by atoms with Crippen LogP contribution in [0.3, 0.4) is 0 Å². The molecular formula is C17H16O3. The van der Waals surface area contributed by atoms with E-state index < -0.39 is 12.1 Å². The Bertz CT molecular complexity index is 561. The molecule has 0 heterocycles. The topological polar surface area (TPSA) is 46.5 Å². The number of aliphatic hydroxyl groups is 1. The molecule has 0 aliphatic carbocycles. The third-order valence-electron chi connectivity index (χ3n) is 2.78. The van der Waals surface area contributed by atoms with Gasteiger partial charge in [-0.2, -0.15) is 0 Å². The van der Waals surface area contributed by atoms with Crippen LogP contribution in [-0.2, 0) is 9.53 Å². The highest BCUT2D eigenvalue weighted by atomic mass is 16.5. The number of hydrogen-bond donors (Lipinski definition) is 1. The highest BCUT2D eigenvalue weighted by molar-refractivity contribution is 5.87. The molecule has 20 heavy (non-hydrogen) atoms. The van der Waals surface area contributed by atoms with Gasteiger partial charge in [-0.15, -0.1) is 0 Å². The van der Waals surface area contributed by atoms with E-state index in [1.165, 1.54) is 6.08 Å². The molecule has 0 aliphatic heterocycles. The van der Waals surface area contributed by atoms with Gasteiger partial charge in [0.2, 0.25) is 0 Å². The molecule has 102 valence electrons. The minimum Gasteiger partial charge on any atom is -0.459 e. The van der Waals surface area contributed by atoms with Gasteiger partial charge in [-0.25, -0.2) is 4.79 Å². The molecule has 3 nitrogen and oxygen atoms in total. The fraction of sp³-hybridized carbons (Fsp3) is 0.118. The maximum atomic E-state index is 11.5. The molecule has 2 aromatic rings. The van der Waals surface area contributed by atoms with Crippen LogP contribution in [0, 0.1) is 0 Å². The van der Waals surface area contributed by atoms with Crippen molar-refractivity contribution in [1.29, 1.82) is 0 Å². The molecule has 0 amide bonds. The molecule has 2 aromatic carbocycles. The van der Waals surface area contributed by atoms with Gasteiger partial charge in [0.15, 0.2) is 0 Å². The van der Waals surface area contributed by atoms with Crippen molar-refractivity contribution in [1.82, 2.24) is 0 Å². The van der Waals surface area contributed by atoms with E-state index >= 15 is 0 Å². The Morgan fingerprint density at radius 3 is 2.30 bits per heavy atom. The average Bonchev–Trinajstić information content (AvgIpc) is 2.52. The summed E-state index contributed by atoms with van der Waals surface area (Å²) in [5.41, 5.74) is 1.65. The van der Waals surface area contributed by atoms with Gasteiger partial charge in [0.05, 0.1) is 0 Å². The van der Waals surface area contributed by atoms with Crippen molar-refractivity contribution in [3.8, 4) is 0 Å². The molecule has 0 aromatic heterocycles. The van der Waals surface area contributed by atoms with Gasteiger partial charge in [-0.1, -0.05) is 60.7 Å². The van der Waals surface area contributed by atoms with Crippen LogP contribution in [0.1, 0.15) is 17.2 Å². The average molecular weight is 268 g/mol. The number of carbonyl (C=O) groups excluding carboxylic acids is 1. The van der Waals surface area contributed by atoms with Crippen molar-refractivity contribution < 1.29 is 14.6 Å². The molecule has 0 saturated heterocycles. The Kier molecular flexibility index (Phi) is 5.09. The Morgan fingerprint density at radius 1 is 1.05 bits per heavy atom. The SMILES string of the molecule is O=C(/C=C/c1ccccc1)OC[C@@H](O)c1ccccc1. The molecule has 0 fully saturated rings. The maximum absolute atomic E-state index is 11.5. The third kappa shape index (κ3) is 4.37. The molecule has 0 aliphatic rings. The lowest BCUT2D eigenvalue weighted by Gasteiger charge is -2.10. The Hall–Kier alpha value is -2.39. The van der Waals surface area contributed by atoms with Crippen molar-refractivity contribution in [3.05, 3.63) is 77.9 Å². The van der Waals surface area contributed by atoms with Crippen molar-refractivity contribution in [2.75, 3.05) is 6.61 Å². The molecule has 0 bridgehead atoms. The highest BCUT2D eigenvalue weighted by Gasteiger charge is 2.08. The summed E-state index contributed by atoms with van der Waals surface area (Å²) in [4.78, 5) is 11.5. The van der Waals surface area contributed by atoms with E-state index in [0.29, 0.717) is 0 Å². The second kappa shape index (κ2) is 7.26. The van der Waals surface area contributed by atoms with Gasteiger partial charge in [-0.05, 0) is 17.2 Å². The number of aliphatic hydroxyl groups excluding tert-OH is 1. The molecule has 2 rings (SSSR count). The number of benzene rings is 2. The Balaban J connectivity index is 1.82. The first-order chi connectivity index (χ1) is 9.75. The second-order valence-electron chi connectivity index (χ2n) is 4.30. The molecule has 0 radical (unpaired) electrons. The number of rotatable bonds is 5. The predicted molar refractivity (Wildman–Crippen MR) is 77.8 cm³/mol. The van der Waals surface area contributed by atoms with Gasteiger partial charge in [0.1, 0.15) is 12.7 Å². The van der Waals surface area contributed by atoms with Gasteiger partial charge < -0.3 is 9.84 Å². The van der Waals surface area contributed by atoms with Crippen LogP contribution in [0.4, 0.5) is 0 Å². The van der Waals surface area contributed by atoms with Crippen LogP contribution in [0.5, 0.6) is 0 Å². The summed E-state index contributed by atoms with van der Waals surface area (Å²) in [5.74, 6) is -0.469. The zero-order chi connectivity index (χ0) is 14.2. The lowest BCUT2D eigenvalue weighted by molar-refractivity contribution is -0.140. The molecule has 0 saturated carbocycles. The second-order valence-corrected chi connectivity index (χ2v) is 4.30. The summed E-state index contributed by atoms with van der Waals surface area (Å²) in [7, 11) is 0. The number of ether oxygens (including phenoxy) is 1. The van der Waals surface area contributed by atoms with Crippen LogP contribution in [0.25, 0.3) is 6.08 Å². The quantitative estimate of drug-likeness (QED) is 0.670. The molecule has 3 heteroatoms. The fourth-order valence-electron chi connectivity index (χ4n) is 1.71. The zero-order valence-electron chi connectivity index (χ0n) is 11.0. The monoisotopic (exact) mass is 268 g/mol. The maximum Gasteiger partial charge on any atom is 0.330 e. The fourth-order valence-corrected chi connectivity index (χ4v) is 1.71. The van der Waals surface area contributed by atoms with Crippen LogP contribution < -0.4 is 0 Å². The van der Waals surface area contributed by atoms with Crippen molar-refractivity contribution >= 4 is 12.0 Å². The lowest BCUT2D eigenvalue weighted by atomic mass is 10.1. The minimum absolute atomic E-state index is 0.0536. The van der Waals surface area contributed by atoms with Gasteiger partial charge in [-0.3, -0.25) is 0 Å². The minimum atomic E-state index is -0.801. The summed E-state index contributed by atoms with van der Waals surface area (Å²) in [6.45, 7) is -0.0536. The summed E-state index contributed by atoms with van der Waals surface area (Å²) in [6, 6.07) is 18.6. The van der Waals surface area contributed by atoms with E-state index in [2.05, 4.69) is 0 Å². The van der Waals surface area contributed by atoms with E-state index in [1.807, 2.05) is 48.5 Å². The lowest BCUT2D eigenvalue weighted by Crippen LogP contribution is -2.10. The third-order valence-corrected chi connectivity index (χ3v) is 2.78. The molecule has 1 N–H and O–H groups in total. The molecular weight excluding hydrogens is 252 g/mol. The van der Waals surface area contributed by atoms with E-state index in [-0.39, 0.29) is 6.61 Å². The number of esters is 1. The van der Waals surface area contributed by atoms with E-state index in [1.54, 1.807) is 18.2 Å². The molecule has 0 spiro atoms. The van der Waals surface area contributed by atoms with E-state index in [9.17, 15) is 9.90 Å². The Labute approximate surface area is 118 Å². The first kappa shape index (κ1) is 14.0.